The van der Waals surface area contributed by atoms with Crippen LogP contribution in [0, 0.1) is 17.5 Å². The molecule has 0 aliphatic heterocycles. The highest BCUT2D eigenvalue weighted by Crippen LogP contribution is 2.21. The molecule has 0 saturated carbocycles. The molecule has 0 heterocycles. The average Bonchev–Trinajstić information content (AvgIpc) is 2.43. The Bertz CT molecular complexity index is 684. The molecule has 0 bridgehead atoms. The summed E-state index contributed by atoms with van der Waals surface area (Å²) in [6.45, 7) is 0.141. The van der Waals surface area contributed by atoms with E-state index in [4.69, 9.17) is 17.3 Å². The van der Waals surface area contributed by atoms with Crippen molar-refractivity contribution in [2.24, 2.45) is 5.73 Å². The zero-order valence-electron chi connectivity index (χ0n) is 10.6. The van der Waals surface area contributed by atoms with E-state index in [1.165, 1.54) is 12.1 Å². The molecule has 1 amide bonds. The smallest absolute Gasteiger partial charge is 0.248 e. The molecular weight excluding hydrogens is 305 g/mol. The normalized spacial score (nSPS) is 10.5. The summed E-state index contributed by atoms with van der Waals surface area (Å²) in [5, 5.41) is 2.99. The van der Waals surface area contributed by atoms with Crippen LogP contribution in [0.1, 0.15) is 15.9 Å². The summed E-state index contributed by atoms with van der Waals surface area (Å²) < 4.78 is 38.9. The van der Waals surface area contributed by atoms with Crippen LogP contribution < -0.4 is 11.1 Å². The van der Waals surface area contributed by atoms with Gasteiger partial charge < -0.3 is 11.1 Å². The Balaban J connectivity index is 2.15. The molecule has 7 heteroatoms. The van der Waals surface area contributed by atoms with Gasteiger partial charge in [0.05, 0.1) is 0 Å². The molecular formula is C14H10ClF3N2O. The standard InChI is InChI=1S/C14H10ClF3N2O/c15-10-3-7(14(19)21)1-2-8(10)6-20-9-4-11(16)13(18)12(17)5-9/h1-5,20H,6H2,(H2,19,21). The third kappa shape index (κ3) is 3.46. The van der Waals surface area contributed by atoms with Gasteiger partial charge in [0, 0.05) is 35.0 Å². The van der Waals surface area contributed by atoms with Gasteiger partial charge in [0.15, 0.2) is 17.5 Å². The number of anilines is 1. The van der Waals surface area contributed by atoms with Crippen molar-refractivity contribution >= 4 is 23.2 Å². The first-order chi connectivity index (χ1) is 9.88. The lowest BCUT2D eigenvalue weighted by molar-refractivity contribution is 0.100. The number of primary amides is 1. The van der Waals surface area contributed by atoms with Gasteiger partial charge in [-0.1, -0.05) is 17.7 Å². The van der Waals surface area contributed by atoms with Gasteiger partial charge in [-0.2, -0.15) is 0 Å². The number of nitrogens with one attached hydrogen (secondary N) is 1. The second-order valence-corrected chi connectivity index (χ2v) is 4.69. The molecule has 0 fully saturated rings. The van der Waals surface area contributed by atoms with Crippen LogP contribution in [0.2, 0.25) is 5.02 Å². The lowest BCUT2D eigenvalue weighted by Gasteiger charge is -2.09. The van der Waals surface area contributed by atoms with Crippen LogP contribution in [0.4, 0.5) is 18.9 Å². The Labute approximate surface area is 123 Å². The van der Waals surface area contributed by atoms with Crippen LogP contribution in [-0.2, 0) is 6.54 Å². The van der Waals surface area contributed by atoms with E-state index < -0.39 is 23.4 Å². The monoisotopic (exact) mass is 314 g/mol. The summed E-state index contributed by atoms with van der Waals surface area (Å²) in [6.07, 6.45) is 0. The van der Waals surface area contributed by atoms with Gasteiger partial charge in [-0.25, -0.2) is 13.2 Å². The van der Waals surface area contributed by atoms with Gasteiger partial charge in [-0.05, 0) is 17.7 Å². The molecule has 0 aliphatic carbocycles. The fraction of sp³-hybridized carbons (Fsp3) is 0.0714. The second kappa shape index (κ2) is 6.05. The largest absolute Gasteiger partial charge is 0.381 e. The molecule has 0 unspecified atom stereocenters. The Morgan fingerprint density at radius 2 is 1.76 bits per heavy atom. The number of nitrogens with two attached hydrogens (primary N) is 1. The first kappa shape index (κ1) is 15.2. The first-order valence-electron chi connectivity index (χ1n) is 5.85. The predicted molar refractivity (Wildman–Crippen MR) is 73.6 cm³/mol. The first-order valence-corrected chi connectivity index (χ1v) is 6.23. The Hall–Kier alpha value is -2.21. The topological polar surface area (TPSA) is 55.1 Å². The molecule has 21 heavy (non-hydrogen) atoms. The van der Waals surface area contributed by atoms with E-state index in [9.17, 15) is 18.0 Å². The molecule has 3 N–H and O–H groups in total. The maximum Gasteiger partial charge on any atom is 0.248 e. The van der Waals surface area contributed by atoms with E-state index in [2.05, 4.69) is 5.32 Å². The van der Waals surface area contributed by atoms with Crippen LogP contribution >= 0.6 is 11.6 Å². The fourth-order valence-electron chi connectivity index (χ4n) is 1.70. The summed E-state index contributed by atoms with van der Waals surface area (Å²) in [5.74, 6) is -4.70. The number of benzene rings is 2. The van der Waals surface area contributed by atoms with Crippen molar-refractivity contribution in [3.63, 3.8) is 0 Å². The van der Waals surface area contributed by atoms with Crippen LogP contribution in [0.5, 0.6) is 0 Å². The van der Waals surface area contributed by atoms with Crippen molar-refractivity contribution in [2.75, 3.05) is 5.32 Å². The average molecular weight is 315 g/mol. The van der Waals surface area contributed by atoms with Crippen LogP contribution in [-0.4, -0.2) is 5.91 Å². The third-order valence-corrected chi connectivity index (χ3v) is 3.16. The highest BCUT2D eigenvalue weighted by Gasteiger charge is 2.11. The molecule has 0 aromatic heterocycles. The van der Waals surface area contributed by atoms with Crippen molar-refractivity contribution < 1.29 is 18.0 Å². The minimum atomic E-state index is -1.52. The van der Waals surface area contributed by atoms with E-state index in [1.807, 2.05) is 0 Å². The summed E-state index contributed by atoms with van der Waals surface area (Å²) >= 11 is 5.97. The van der Waals surface area contributed by atoms with Crippen LogP contribution in [0.25, 0.3) is 0 Å². The highest BCUT2D eigenvalue weighted by molar-refractivity contribution is 6.31. The van der Waals surface area contributed by atoms with Gasteiger partial charge in [-0.15, -0.1) is 0 Å². The summed E-state index contributed by atoms with van der Waals surface area (Å²) in [4.78, 5) is 11.0. The van der Waals surface area contributed by atoms with Gasteiger partial charge >= 0.3 is 0 Å². The van der Waals surface area contributed by atoms with E-state index in [-0.39, 0.29) is 22.8 Å². The lowest BCUT2D eigenvalue weighted by Crippen LogP contribution is -2.11. The van der Waals surface area contributed by atoms with E-state index >= 15 is 0 Å². The SMILES string of the molecule is NC(=O)c1ccc(CNc2cc(F)c(F)c(F)c2)c(Cl)c1. The number of carbonyl (C=O) groups excluding carboxylic acids is 1. The van der Waals surface area contributed by atoms with E-state index in [0.717, 1.165) is 12.1 Å². The van der Waals surface area contributed by atoms with Gasteiger partial charge in [-0.3, -0.25) is 4.79 Å². The maximum absolute atomic E-state index is 13.1. The molecule has 0 aliphatic rings. The maximum atomic E-state index is 13.1. The number of hydrogen-bond donors (Lipinski definition) is 2. The molecule has 0 spiro atoms. The minimum Gasteiger partial charge on any atom is -0.381 e. The molecule has 0 radical (unpaired) electrons. The van der Waals surface area contributed by atoms with Crippen molar-refractivity contribution in [1.29, 1.82) is 0 Å². The van der Waals surface area contributed by atoms with Gasteiger partial charge in [0.2, 0.25) is 5.91 Å². The van der Waals surface area contributed by atoms with Crippen molar-refractivity contribution in [1.82, 2.24) is 0 Å². The van der Waals surface area contributed by atoms with E-state index in [0.29, 0.717) is 5.56 Å². The Morgan fingerprint density at radius 3 is 2.29 bits per heavy atom. The molecule has 110 valence electrons. The molecule has 0 saturated heterocycles. The lowest BCUT2D eigenvalue weighted by atomic mass is 10.1. The zero-order chi connectivity index (χ0) is 15.6. The summed E-state index contributed by atoms with van der Waals surface area (Å²) in [6, 6.07) is 6.11. The predicted octanol–water partition coefficient (Wildman–Crippen LogP) is 3.47. The molecule has 2 rings (SSSR count). The van der Waals surface area contributed by atoms with Crippen molar-refractivity contribution in [3.8, 4) is 0 Å². The Kier molecular flexibility index (Phi) is 4.37. The number of amides is 1. The van der Waals surface area contributed by atoms with Crippen LogP contribution in [0.3, 0.4) is 0 Å². The molecule has 2 aromatic rings. The highest BCUT2D eigenvalue weighted by atomic mass is 35.5. The minimum absolute atomic E-state index is 0.0708. The number of carbonyl (C=O) groups is 1. The van der Waals surface area contributed by atoms with Crippen molar-refractivity contribution in [2.45, 2.75) is 6.54 Å². The Morgan fingerprint density at radius 1 is 1.14 bits per heavy atom. The van der Waals surface area contributed by atoms with Crippen LogP contribution in [0.15, 0.2) is 30.3 Å². The fourth-order valence-corrected chi connectivity index (χ4v) is 1.95. The molecule has 2 aromatic carbocycles. The van der Waals surface area contributed by atoms with Crippen molar-refractivity contribution in [3.05, 3.63) is 63.9 Å². The molecule has 3 nitrogen and oxygen atoms in total. The number of halogens is 4. The van der Waals surface area contributed by atoms with Gasteiger partial charge in [0.25, 0.3) is 0 Å². The van der Waals surface area contributed by atoms with E-state index in [1.54, 1.807) is 6.07 Å². The summed E-state index contributed by atoms with van der Waals surface area (Å²) in [7, 11) is 0. The number of rotatable bonds is 4. The third-order valence-electron chi connectivity index (χ3n) is 2.80. The molecule has 0 atom stereocenters. The quantitative estimate of drug-likeness (QED) is 0.849. The van der Waals surface area contributed by atoms with Gasteiger partial charge in [0.1, 0.15) is 0 Å². The zero-order valence-corrected chi connectivity index (χ0v) is 11.3. The second-order valence-electron chi connectivity index (χ2n) is 4.28. The number of hydrogen-bond acceptors (Lipinski definition) is 2. The summed E-state index contributed by atoms with van der Waals surface area (Å²) in [5.41, 5.74) is 6.03.